The summed E-state index contributed by atoms with van der Waals surface area (Å²) in [6.45, 7) is 11.4. The van der Waals surface area contributed by atoms with Gasteiger partial charge in [0.05, 0.1) is 0 Å². The second-order valence-corrected chi connectivity index (χ2v) is 7.38. The van der Waals surface area contributed by atoms with Gasteiger partial charge in [0.15, 0.2) is 0 Å². The molecule has 0 aliphatic rings. The molecule has 0 amide bonds. The average molecular weight is 313 g/mol. The van der Waals surface area contributed by atoms with Crippen molar-refractivity contribution in [3.8, 4) is 0 Å². The fraction of sp³-hybridized carbons (Fsp3) is 0.429. The molecule has 0 aliphatic carbocycles. The molecule has 22 heavy (non-hydrogen) atoms. The van der Waals surface area contributed by atoms with Crippen molar-refractivity contribution in [2.45, 2.75) is 53.9 Å². The lowest BCUT2D eigenvalue weighted by Crippen LogP contribution is -2.05. The van der Waals surface area contributed by atoms with Gasteiger partial charge in [-0.3, -0.25) is 0 Å². The number of benzene rings is 1. The van der Waals surface area contributed by atoms with E-state index in [1.807, 2.05) is 11.3 Å². The van der Waals surface area contributed by atoms with E-state index in [0.717, 1.165) is 12.3 Å². The van der Waals surface area contributed by atoms with Crippen molar-refractivity contribution < 1.29 is 0 Å². The third kappa shape index (κ3) is 3.89. The van der Waals surface area contributed by atoms with E-state index < -0.39 is 0 Å². The van der Waals surface area contributed by atoms with Crippen LogP contribution in [0.5, 0.6) is 0 Å². The van der Waals surface area contributed by atoms with E-state index in [2.05, 4.69) is 71.0 Å². The van der Waals surface area contributed by atoms with Crippen molar-refractivity contribution in [1.29, 1.82) is 0 Å². The average Bonchev–Trinajstić information content (AvgIpc) is 3.03. The maximum atomic E-state index is 2.34. The molecule has 0 radical (unpaired) electrons. The molecule has 1 aromatic carbocycles. The summed E-state index contributed by atoms with van der Waals surface area (Å²) >= 11 is 1.93. The van der Waals surface area contributed by atoms with Gasteiger partial charge in [-0.05, 0) is 61.4 Å². The van der Waals surface area contributed by atoms with Crippen LogP contribution in [-0.2, 0) is 6.42 Å². The van der Waals surface area contributed by atoms with Crippen LogP contribution in [0.15, 0.2) is 36.4 Å². The Bertz CT molecular complexity index is 733. The summed E-state index contributed by atoms with van der Waals surface area (Å²) in [6, 6.07) is 13.5. The van der Waals surface area contributed by atoms with Gasteiger partial charge in [-0.25, -0.2) is 0 Å². The molecule has 1 heterocycles. The molecule has 2 rings (SSSR count). The van der Waals surface area contributed by atoms with E-state index in [-0.39, 0.29) is 0 Å². The first-order valence-electron chi connectivity index (χ1n) is 8.41. The van der Waals surface area contributed by atoms with Gasteiger partial charge in [0.1, 0.15) is 0 Å². The Morgan fingerprint density at radius 2 is 1.68 bits per heavy atom. The first-order valence-corrected chi connectivity index (χ1v) is 9.23. The first-order chi connectivity index (χ1) is 10.6. The maximum Gasteiger partial charge on any atom is 0.0311 e. The summed E-state index contributed by atoms with van der Waals surface area (Å²) in [5.74, 6) is 0.739. The summed E-state index contributed by atoms with van der Waals surface area (Å²) in [7, 11) is 0. The second kappa shape index (κ2) is 7.78. The molecule has 0 aliphatic heterocycles. The topological polar surface area (TPSA) is 0 Å². The summed E-state index contributed by atoms with van der Waals surface area (Å²) < 4.78 is 2.83. The lowest BCUT2D eigenvalue weighted by Gasteiger charge is -2.13. The monoisotopic (exact) mass is 312 g/mol. The van der Waals surface area contributed by atoms with E-state index in [4.69, 9.17) is 0 Å². The summed E-state index contributed by atoms with van der Waals surface area (Å²) in [4.78, 5) is 0. The first kappa shape index (κ1) is 17.0. The van der Waals surface area contributed by atoms with Gasteiger partial charge in [-0.1, -0.05) is 57.0 Å². The van der Waals surface area contributed by atoms with Gasteiger partial charge in [0, 0.05) is 9.06 Å². The van der Waals surface area contributed by atoms with Crippen molar-refractivity contribution in [1.82, 2.24) is 0 Å². The van der Waals surface area contributed by atoms with Gasteiger partial charge < -0.3 is 0 Å². The zero-order valence-corrected chi connectivity index (χ0v) is 15.4. The van der Waals surface area contributed by atoms with Crippen LogP contribution in [0, 0.1) is 5.92 Å². The summed E-state index contributed by atoms with van der Waals surface area (Å²) in [5.41, 5.74) is 5.81. The molecule has 0 fully saturated rings. The molecule has 2 aromatic rings. The molecule has 0 saturated carbocycles. The Balaban J connectivity index is 2.52. The Kier molecular flexibility index (Phi) is 6.02. The van der Waals surface area contributed by atoms with E-state index in [1.54, 1.807) is 0 Å². The Morgan fingerprint density at radius 1 is 1.00 bits per heavy atom. The zero-order chi connectivity index (χ0) is 16.1. The summed E-state index contributed by atoms with van der Waals surface area (Å²) in [5, 5.41) is 0. The maximum absolute atomic E-state index is 2.34. The molecule has 0 N–H and O–H groups in total. The van der Waals surface area contributed by atoms with E-state index >= 15 is 0 Å². The van der Waals surface area contributed by atoms with Crippen molar-refractivity contribution in [3.05, 3.63) is 56.6 Å². The molecule has 1 unspecified atom stereocenters. The molecule has 0 spiro atoms. The number of thiophene rings is 1. The molecule has 1 heteroatoms. The van der Waals surface area contributed by atoms with Gasteiger partial charge in [-0.2, -0.15) is 0 Å². The number of rotatable bonds is 5. The number of hydrogen-bond donors (Lipinski definition) is 0. The fourth-order valence-electron chi connectivity index (χ4n) is 2.66. The molecule has 118 valence electrons. The lowest BCUT2D eigenvalue weighted by atomic mass is 9.92. The molecular weight excluding hydrogens is 284 g/mol. The largest absolute Gasteiger partial charge is 0.136 e. The SMILES string of the molecule is CC/C(C)=c1/cc/c(=C(/C)c2ccccc2CC(C)CC)s1. The predicted octanol–water partition coefficient (Wildman–Crippen LogP) is 5.14. The fourth-order valence-corrected chi connectivity index (χ4v) is 3.75. The predicted molar refractivity (Wildman–Crippen MR) is 101 cm³/mol. The van der Waals surface area contributed by atoms with Crippen molar-refractivity contribution >= 4 is 22.5 Å². The van der Waals surface area contributed by atoms with E-state index in [0.29, 0.717) is 0 Å². The van der Waals surface area contributed by atoms with Gasteiger partial charge in [-0.15, -0.1) is 11.3 Å². The van der Waals surface area contributed by atoms with Crippen LogP contribution < -0.4 is 9.06 Å². The van der Waals surface area contributed by atoms with Gasteiger partial charge in [0.2, 0.25) is 0 Å². The highest BCUT2D eigenvalue weighted by Gasteiger charge is 2.08. The van der Waals surface area contributed by atoms with Crippen molar-refractivity contribution in [2.24, 2.45) is 5.92 Å². The van der Waals surface area contributed by atoms with Crippen molar-refractivity contribution in [2.75, 3.05) is 0 Å². The Labute approximate surface area is 139 Å². The Morgan fingerprint density at radius 3 is 2.36 bits per heavy atom. The van der Waals surface area contributed by atoms with E-state index in [9.17, 15) is 0 Å². The van der Waals surface area contributed by atoms with Gasteiger partial charge >= 0.3 is 0 Å². The standard InChI is InChI=1S/C21H28S/c1-6-15(3)14-18-10-8-9-11-19(18)17(5)21-13-12-20(22-21)16(4)7-2/h8-13,15H,6-7,14H2,1-5H3/b20-16-,21-17+. The molecule has 0 bridgehead atoms. The highest BCUT2D eigenvalue weighted by Crippen LogP contribution is 2.21. The molecule has 0 nitrogen and oxygen atoms in total. The normalized spacial score (nSPS) is 15.5. The molecule has 0 saturated heterocycles. The highest BCUT2D eigenvalue weighted by molar-refractivity contribution is 7.07. The van der Waals surface area contributed by atoms with Gasteiger partial charge in [0.25, 0.3) is 0 Å². The number of hydrogen-bond acceptors (Lipinski definition) is 1. The minimum Gasteiger partial charge on any atom is -0.136 e. The zero-order valence-electron chi connectivity index (χ0n) is 14.6. The van der Waals surface area contributed by atoms with Crippen LogP contribution in [0.1, 0.15) is 58.6 Å². The van der Waals surface area contributed by atoms with Crippen molar-refractivity contribution in [3.63, 3.8) is 0 Å². The van der Waals surface area contributed by atoms with Crippen LogP contribution in [0.4, 0.5) is 0 Å². The van der Waals surface area contributed by atoms with Crippen LogP contribution in [0.25, 0.3) is 11.1 Å². The highest BCUT2D eigenvalue weighted by atomic mass is 32.1. The third-order valence-corrected chi connectivity index (χ3v) is 5.98. The second-order valence-electron chi connectivity index (χ2n) is 6.30. The van der Waals surface area contributed by atoms with E-state index in [1.165, 1.54) is 44.2 Å². The lowest BCUT2D eigenvalue weighted by molar-refractivity contribution is 0.559. The molecule has 1 atom stereocenters. The third-order valence-electron chi connectivity index (χ3n) is 4.61. The summed E-state index contributed by atoms with van der Waals surface area (Å²) in [6.07, 6.45) is 3.53. The smallest absolute Gasteiger partial charge is 0.0311 e. The minimum absolute atomic E-state index is 0.739. The van der Waals surface area contributed by atoms with Crippen LogP contribution in [0.3, 0.4) is 0 Å². The molecular formula is C21H28S. The van der Waals surface area contributed by atoms with Crippen LogP contribution in [0.2, 0.25) is 0 Å². The quantitative estimate of drug-likeness (QED) is 0.717. The van der Waals surface area contributed by atoms with Crippen LogP contribution in [-0.4, -0.2) is 0 Å². The van der Waals surface area contributed by atoms with Crippen LogP contribution >= 0.6 is 11.3 Å². The minimum atomic E-state index is 0.739. The molecule has 1 aromatic heterocycles. The Hall–Kier alpha value is -1.34.